The lowest BCUT2D eigenvalue weighted by Gasteiger charge is -1.99. The van der Waals surface area contributed by atoms with Gasteiger partial charge in [0.15, 0.2) is 0 Å². The van der Waals surface area contributed by atoms with E-state index in [1.165, 1.54) is 24.6 Å². The molecule has 0 aromatic carbocycles. The van der Waals surface area contributed by atoms with Crippen LogP contribution in [0.3, 0.4) is 0 Å². The van der Waals surface area contributed by atoms with Gasteiger partial charge < -0.3 is 9.05 Å². The number of pyridine rings is 1. The lowest BCUT2D eigenvalue weighted by Crippen LogP contribution is -1.91. The smallest absolute Gasteiger partial charge is 0.280 e. The van der Waals surface area contributed by atoms with Crippen LogP contribution in [0.1, 0.15) is 37.6 Å². The molecule has 6 nitrogen and oxygen atoms in total. The van der Waals surface area contributed by atoms with Crippen molar-refractivity contribution in [3.8, 4) is 22.8 Å². The Bertz CT molecular complexity index is 765. The SMILES string of the molecule is CC(C)c1nocc1-c1nc(-c2ccc(C(F)F)nc2)no1. The number of rotatable bonds is 4. The van der Waals surface area contributed by atoms with Gasteiger partial charge in [0, 0.05) is 11.8 Å². The molecule has 0 amide bonds. The topological polar surface area (TPSA) is 77.8 Å². The molecule has 114 valence electrons. The second kappa shape index (κ2) is 5.63. The summed E-state index contributed by atoms with van der Waals surface area (Å²) >= 11 is 0. The van der Waals surface area contributed by atoms with Gasteiger partial charge in [-0.25, -0.2) is 8.78 Å². The third-order valence-electron chi connectivity index (χ3n) is 3.07. The average molecular weight is 306 g/mol. The van der Waals surface area contributed by atoms with Crippen LogP contribution in [0.2, 0.25) is 0 Å². The van der Waals surface area contributed by atoms with E-state index >= 15 is 0 Å². The molecular weight excluding hydrogens is 294 g/mol. The van der Waals surface area contributed by atoms with E-state index < -0.39 is 6.43 Å². The summed E-state index contributed by atoms with van der Waals surface area (Å²) in [6.07, 6.45) is 0.109. The largest absolute Gasteiger partial charge is 0.364 e. The van der Waals surface area contributed by atoms with Crippen LogP contribution in [-0.2, 0) is 0 Å². The first-order valence-electron chi connectivity index (χ1n) is 6.59. The van der Waals surface area contributed by atoms with Gasteiger partial charge in [-0.2, -0.15) is 4.98 Å². The fourth-order valence-corrected chi connectivity index (χ4v) is 1.94. The zero-order valence-corrected chi connectivity index (χ0v) is 11.8. The molecule has 0 saturated carbocycles. The molecule has 0 unspecified atom stereocenters. The number of hydrogen-bond donors (Lipinski definition) is 0. The molecule has 0 atom stereocenters. The van der Waals surface area contributed by atoms with E-state index in [1.807, 2.05) is 13.8 Å². The highest BCUT2D eigenvalue weighted by molar-refractivity contribution is 5.60. The second-order valence-corrected chi connectivity index (χ2v) is 4.96. The van der Waals surface area contributed by atoms with Crippen molar-refractivity contribution >= 4 is 0 Å². The molecule has 0 radical (unpaired) electrons. The fourth-order valence-electron chi connectivity index (χ4n) is 1.94. The minimum Gasteiger partial charge on any atom is -0.364 e. The van der Waals surface area contributed by atoms with Gasteiger partial charge in [0.25, 0.3) is 12.3 Å². The lowest BCUT2D eigenvalue weighted by atomic mass is 10.1. The Kier molecular flexibility index (Phi) is 3.66. The minimum atomic E-state index is -2.61. The van der Waals surface area contributed by atoms with E-state index in [4.69, 9.17) is 9.05 Å². The van der Waals surface area contributed by atoms with Crippen molar-refractivity contribution in [3.63, 3.8) is 0 Å². The number of aromatic nitrogens is 4. The number of alkyl halides is 2. The van der Waals surface area contributed by atoms with E-state index in [9.17, 15) is 8.78 Å². The van der Waals surface area contributed by atoms with E-state index in [0.717, 1.165) is 0 Å². The normalized spacial score (nSPS) is 11.5. The zero-order chi connectivity index (χ0) is 15.7. The molecule has 0 bridgehead atoms. The molecule has 0 aliphatic rings. The first-order valence-corrected chi connectivity index (χ1v) is 6.59. The maximum atomic E-state index is 12.5. The number of nitrogens with zero attached hydrogens (tertiary/aromatic N) is 4. The highest BCUT2D eigenvalue weighted by Crippen LogP contribution is 2.28. The van der Waals surface area contributed by atoms with Gasteiger partial charge in [-0.1, -0.05) is 24.2 Å². The molecule has 0 aliphatic heterocycles. The summed E-state index contributed by atoms with van der Waals surface area (Å²) in [7, 11) is 0. The van der Waals surface area contributed by atoms with Crippen LogP contribution < -0.4 is 0 Å². The molecule has 3 rings (SSSR count). The first-order chi connectivity index (χ1) is 10.6. The van der Waals surface area contributed by atoms with Gasteiger partial charge >= 0.3 is 0 Å². The molecule has 22 heavy (non-hydrogen) atoms. The van der Waals surface area contributed by atoms with E-state index in [2.05, 4.69) is 20.3 Å². The molecule has 3 heterocycles. The maximum absolute atomic E-state index is 12.5. The Balaban J connectivity index is 1.92. The number of hydrogen-bond acceptors (Lipinski definition) is 6. The van der Waals surface area contributed by atoms with Crippen molar-refractivity contribution in [1.82, 2.24) is 20.3 Å². The highest BCUT2D eigenvalue weighted by atomic mass is 19.3. The quantitative estimate of drug-likeness (QED) is 0.728. The van der Waals surface area contributed by atoms with Crippen LogP contribution in [0, 0.1) is 0 Å². The van der Waals surface area contributed by atoms with Crippen LogP contribution in [-0.4, -0.2) is 20.3 Å². The summed E-state index contributed by atoms with van der Waals surface area (Å²) in [5.41, 5.74) is 1.52. The molecule has 3 aromatic rings. The summed E-state index contributed by atoms with van der Waals surface area (Å²) in [6, 6.07) is 2.70. The van der Waals surface area contributed by atoms with Gasteiger partial charge in [-0.3, -0.25) is 4.98 Å². The van der Waals surface area contributed by atoms with Crippen molar-refractivity contribution in [2.24, 2.45) is 0 Å². The minimum absolute atomic E-state index is 0.135. The third-order valence-corrected chi connectivity index (χ3v) is 3.07. The van der Waals surface area contributed by atoms with Crippen molar-refractivity contribution in [3.05, 3.63) is 36.0 Å². The first kappa shape index (κ1) is 14.3. The van der Waals surface area contributed by atoms with E-state index in [-0.39, 0.29) is 23.3 Å². The molecule has 0 aliphatic carbocycles. The van der Waals surface area contributed by atoms with Crippen LogP contribution in [0.15, 0.2) is 33.6 Å². The Morgan fingerprint density at radius 3 is 2.59 bits per heavy atom. The second-order valence-electron chi connectivity index (χ2n) is 4.96. The van der Waals surface area contributed by atoms with Gasteiger partial charge in [-0.05, 0) is 18.1 Å². The summed E-state index contributed by atoms with van der Waals surface area (Å²) in [4.78, 5) is 7.91. The van der Waals surface area contributed by atoms with Crippen LogP contribution in [0.25, 0.3) is 22.8 Å². The zero-order valence-electron chi connectivity index (χ0n) is 11.8. The average Bonchev–Trinajstić information content (AvgIpc) is 3.16. The molecule has 0 fully saturated rings. The summed E-state index contributed by atoms with van der Waals surface area (Å²) < 4.78 is 35.1. The Morgan fingerprint density at radius 1 is 1.14 bits per heavy atom. The van der Waals surface area contributed by atoms with E-state index in [1.54, 1.807) is 0 Å². The highest BCUT2D eigenvalue weighted by Gasteiger charge is 2.20. The molecule has 0 N–H and O–H groups in total. The van der Waals surface area contributed by atoms with Gasteiger partial charge in [0.1, 0.15) is 17.5 Å². The molecule has 3 aromatic heterocycles. The molecule has 8 heteroatoms. The third kappa shape index (κ3) is 2.59. The van der Waals surface area contributed by atoms with Gasteiger partial charge in [0.2, 0.25) is 5.82 Å². The lowest BCUT2D eigenvalue weighted by molar-refractivity contribution is 0.146. The predicted molar refractivity (Wildman–Crippen MR) is 72.1 cm³/mol. The Hall–Kier alpha value is -2.64. The fraction of sp³-hybridized carbons (Fsp3) is 0.286. The predicted octanol–water partition coefficient (Wildman–Crippen LogP) is 3.85. The van der Waals surface area contributed by atoms with Gasteiger partial charge in [0.05, 0.1) is 5.69 Å². The molecular formula is C14H12F2N4O2. The molecule has 0 saturated heterocycles. The van der Waals surface area contributed by atoms with E-state index in [0.29, 0.717) is 16.8 Å². The standard InChI is InChI=1S/C14H12F2N4O2/c1-7(2)11-9(6-21-19-11)14-18-13(20-22-14)8-3-4-10(12(15)16)17-5-8/h3-7,12H,1-2H3. The van der Waals surface area contributed by atoms with Crippen molar-refractivity contribution in [1.29, 1.82) is 0 Å². The summed E-state index contributed by atoms with van der Waals surface area (Å²) in [5, 5.41) is 7.74. The maximum Gasteiger partial charge on any atom is 0.280 e. The Labute approximate surface area is 124 Å². The number of halogens is 2. The summed E-state index contributed by atoms with van der Waals surface area (Å²) in [6.45, 7) is 3.93. The van der Waals surface area contributed by atoms with Crippen molar-refractivity contribution in [2.45, 2.75) is 26.2 Å². The van der Waals surface area contributed by atoms with Crippen LogP contribution in [0.4, 0.5) is 8.78 Å². The van der Waals surface area contributed by atoms with Crippen molar-refractivity contribution < 1.29 is 17.8 Å². The Morgan fingerprint density at radius 2 is 1.95 bits per heavy atom. The monoisotopic (exact) mass is 306 g/mol. The van der Waals surface area contributed by atoms with Crippen LogP contribution in [0.5, 0.6) is 0 Å². The van der Waals surface area contributed by atoms with Gasteiger partial charge in [-0.15, -0.1) is 0 Å². The van der Waals surface area contributed by atoms with Crippen LogP contribution >= 0.6 is 0 Å². The summed E-state index contributed by atoms with van der Waals surface area (Å²) in [5.74, 6) is 0.660. The molecule has 0 spiro atoms. The van der Waals surface area contributed by atoms with Crippen molar-refractivity contribution in [2.75, 3.05) is 0 Å².